The minimum Gasteiger partial charge on any atom is -0.399 e. The third-order valence-electron chi connectivity index (χ3n) is 24.3. The molecule has 4 N–H and O–H groups in total. The lowest BCUT2D eigenvalue weighted by Gasteiger charge is -2.32. The Labute approximate surface area is 911 Å². The van der Waals surface area contributed by atoms with E-state index in [1.165, 1.54) is 80.9 Å². The van der Waals surface area contributed by atoms with Gasteiger partial charge in [-0.25, -0.2) is 24.0 Å². The van der Waals surface area contributed by atoms with Crippen LogP contribution in [0, 0.1) is 0 Å². The lowest BCUT2D eigenvalue weighted by Crippen LogP contribution is -2.41. The Balaban J connectivity index is -0.0000000381. The highest BCUT2D eigenvalue weighted by Gasteiger charge is 2.52. The Morgan fingerprint density at radius 2 is 0.787 bits per heavy atom. The molecule has 11 heterocycles. The second kappa shape index (κ2) is 38.5. The molecule has 0 unspecified atom stereocenters. The van der Waals surface area contributed by atoms with Crippen molar-refractivity contribution in [3.63, 3.8) is 0 Å². The Morgan fingerprint density at radius 1 is 0.426 bits per heavy atom. The summed E-state index contributed by atoms with van der Waals surface area (Å²) >= 11 is 6.13. The lowest BCUT2D eigenvalue weighted by atomic mass is 9.75. The van der Waals surface area contributed by atoms with Crippen LogP contribution >= 0.6 is 11.6 Å². The Morgan fingerprint density at radius 3 is 1.17 bits per heavy atom. The van der Waals surface area contributed by atoms with Crippen LogP contribution in [0.4, 0.5) is 17.8 Å². The fourth-order valence-electron chi connectivity index (χ4n) is 16.7. The number of benzene rings is 6. The van der Waals surface area contributed by atoms with Crippen molar-refractivity contribution in [2.24, 2.45) is 0 Å². The van der Waals surface area contributed by atoms with E-state index in [0.29, 0.717) is 72.9 Å². The highest BCUT2D eigenvalue weighted by Crippen LogP contribution is 2.40. The summed E-state index contributed by atoms with van der Waals surface area (Å²) in [6.07, 6.45) is 32.4. The Hall–Kier alpha value is -11.8. The molecule has 9 aromatic heterocycles. The second-order valence-electron chi connectivity index (χ2n) is 34.0. The van der Waals surface area contributed by atoms with Gasteiger partial charge < -0.3 is 30.6 Å². The molecule has 2 saturated carbocycles. The lowest BCUT2D eigenvalue weighted by molar-refractivity contribution is 0.00578. The van der Waals surface area contributed by atoms with E-state index in [4.69, 9.17) is 222 Å². The van der Waals surface area contributed by atoms with E-state index in [-0.39, 0.29) is 32.5 Å². The third-order valence-corrected chi connectivity index (χ3v) is 24.4. The first-order chi connectivity index (χ1) is 120. The monoisotopic (exact) mass is 1900 g/mol. The number of fused-ring (bicyclic) bond motifs is 3. The molecule has 0 bridgehead atoms. The van der Waals surface area contributed by atoms with E-state index >= 15 is 0 Å². The predicted octanol–water partition coefficient (Wildman–Crippen LogP) is 35.6. The first-order valence-corrected chi connectivity index (χ1v) is 43.5. The maximum absolute atomic E-state index is 6.17. The van der Waals surface area contributed by atoms with Crippen molar-refractivity contribution in [1.82, 2.24) is 93.4 Å². The zero-order chi connectivity index (χ0) is 206. The standard InChI is InChI=1S/C30H33N7.C29H32N8.C18H27BO2.C18H18ClN7.CH4.62H2/c1-21(2)26-20-33-37-29(26)34-28(24-14-8-13-23(18-24)22-10-4-3-5-11-22)35-30(37)31-19-25-12-6-7-15-27(25)36-17-9-16-32-36;1-20(2)25-19-33-37-28(25)34-27(23-9-5-8-22(17-23)21-11-14-30-15-12-21)35-29(37)31-18-24-7-3-4-10-26(24)36-16-6-13-32-36;1-17(2)18(3,4)21-19(20-17)16-12-8-11-15(13-16)14-9-6-5-7-10-14;1-12(2)14-11-22-26-16(14)23-17(19)24-18(26)20-10-13-6-3-4-7-15(13)25-9-5-8-21-25;;;;;;;;;;;;;;;;;;;;;;;;;;;;;;;;;;;;;;;;;;;;;;;;;;;;;;;;;;;;;;;/h6-9,12-18,20-22H,3-5,10-11,19H2,1-2H3,(H,31,34,35);3-10,13,16-17,19-21,30H,11-12,14-15,18H2,1-2H3,(H,31,34,35);8,11-14H,5-7,9-10H2,1-4H3;3-9,11-12H,10H2,1-2H3,(H,20,23,24);1H4;62*1H/i;;;;;61*1+1D;1+1. The van der Waals surface area contributed by atoms with Crippen LogP contribution in [-0.4, -0.2) is 119 Å². The van der Waals surface area contributed by atoms with E-state index in [1.807, 2.05) is 127 Å². The van der Waals surface area contributed by atoms with Gasteiger partial charge in [-0.3, -0.25) is 0 Å². The van der Waals surface area contributed by atoms with E-state index in [2.05, 4.69) is 228 Å². The molecule has 19 rings (SSSR count). The normalized spacial score (nSPS) is 19.5. The molecule has 4 aliphatic rings. The molecule has 0 atom stereocenters. The molecule has 2 aliphatic heterocycles. The van der Waals surface area contributed by atoms with Gasteiger partial charge in [0.05, 0.1) is 46.9 Å². The van der Waals surface area contributed by atoms with Gasteiger partial charge in [0.15, 0.2) is 28.6 Å². The number of aromatic nitrogens is 18. The number of para-hydroxylation sites is 3. The van der Waals surface area contributed by atoms with Gasteiger partial charge >= 0.3 is 7.12 Å². The number of hydrogen-bond acceptors (Lipinski definition) is 18. The van der Waals surface area contributed by atoms with Crippen molar-refractivity contribution in [2.45, 2.75) is 220 Å². The molecule has 122 heavy (non-hydrogen) atoms. The second-order valence-corrected chi connectivity index (χ2v) is 34.4. The number of piperidine rings is 1. The maximum atomic E-state index is 6.17. The molecule has 24 nitrogen and oxygen atoms in total. The van der Waals surface area contributed by atoms with Crippen molar-refractivity contribution in [2.75, 3.05) is 29.0 Å². The van der Waals surface area contributed by atoms with Crippen LogP contribution in [-0.2, 0) is 28.9 Å². The van der Waals surface area contributed by atoms with E-state index in [0.717, 1.165) is 122 Å². The largest absolute Gasteiger partial charge is 0.494 e. The van der Waals surface area contributed by atoms with Gasteiger partial charge in [0.25, 0.3) is 0 Å². The number of nitrogens with one attached hydrogen (secondary N) is 4. The summed E-state index contributed by atoms with van der Waals surface area (Å²) in [6.45, 7) is 25.2. The summed E-state index contributed by atoms with van der Waals surface area (Å²) in [5.41, 5.74) is 19.0. The molecule has 0 spiro atoms. The molecule has 6 aromatic carbocycles. The van der Waals surface area contributed by atoms with Gasteiger partial charge in [-0.1, -0.05) is 203 Å². The van der Waals surface area contributed by atoms with Gasteiger partial charge in [0.1, 0.15) is 0 Å². The summed E-state index contributed by atoms with van der Waals surface area (Å²) in [7, 11) is -0.237. The van der Waals surface area contributed by atoms with E-state index in [1.54, 1.807) is 23.1 Å². The van der Waals surface area contributed by atoms with E-state index < -0.39 is 0 Å². The zero-order valence-corrected chi connectivity index (χ0v) is 71.8. The van der Waals surface area contributed by atoms with Crippen molar-refractivity contribution in [3.8, 4) is 39.8 Å². The average Bonchev–Trinajstić information content (AvgIpc) is 1.62. The fourth-order valence-corrected chi connectivity index (χ4v) is 16.9. The molecular weight excluding hydrogens is 1540 g/mol. The Kier molecular flexibility index (Phi) is 12.1. The molecule has 4 fully saturated rings. The van der Waals surface area contributed by atoms with Gasteiger partial charge in [0, 0.05) is 267 Å². The van der Waals surface area contributed by atoms with Crippen LogP contribution in [0.15, 0.2) is 220 Å². The molecule has 26 heteroatoms. The molecule has 2 aliphatic carbocycles. The van der Waals surface area contributed by atoms with Crippen LogP contribution in [0.1, 0.15) is 422 Å². The molecule has 0 radical (unpaired) electrons. The zero-order valence-electron chi connectivity index (χ0n) is 193. The van der Waals surface area contributed by atoms with Crippen molar-refractivity contribution in [3.05, 3.63) is 275 Å². The highest BCUT2D eigenvalue weighted by atomic mass is 35.5. The topological polar surface area (TPSA) is 249 Å². The summed E-state index contributed by atoms with van der Waals surface area (Å²) in [5, 5.41) is 41.0. The predicted molar refractivity (Wildman–Crippen MR) is 620 cm³/mol. The number of nitrogens with zero attached hydrogens (tertiary/aromatic N) is 18. The summed E-state index contributed by atoms with van der Waals surface area (Å²) in [6, 6.07) is 56.8. The number of halogens is 1. The minimum absolute atomic E-state index is 0. The fraction of sp³-hybridized carbons (Fsp3) is 0.375. The van der Waals surface area contributed by atoms with E-state index in [9.17, 15) is 0 Å². The van der Waals surface area contributed by atoms with Crippen LogP contribution in [0.2, 0.25) is 5.28 Å². The van der Waals surface area contributed by atoms with Crippen molar-refractivity contribution in [1.29, 1.82) is 0 Å². The summed E-state index contributed by atoms with van der Waals surface area (Å²) in [4.78, 5) is 28.6. The SMILES string of the molecule is C.CC(C)c1cnn2c(NCc3ccccc3-n3cccn3)nc(-c3cccc(C4CCCCC4)c3)nc12.CC(C)c1cnn2c(NCc3ccccc3-n3cccn3)nc(-c3cccc(C4CCNCC4)c3)nc12.CC(C)c1cnn2c(NCc3ccccc3-n3cccn3)nc(Cl)nc12.CC1(C)OB(c2cccc(C3CCCCC3)c2)OC1(C)C.[2HH].[2H][2H].[2H][2H].[2H][2H].[2H][2H].[2H][2H].[2H][2H].[2H][2H].[2H][2H].[2H][2H].[2H][2H].[2H][2H].[2H][2H].[2H][2H].[2H][2H].[2H][2H].[2H][2H].[2H][2H].[2H][2H].[2H][2H].[2H][2H].[2H][2H].[2H][2H].[2H][2H].[2H][2H].[2H][2H].[2H][2H].[2H][2H].[2H][2H].[2H][2H].[2H][2H].[2H][2H].[2H][2H].[2H][2H].[2H][2H].[2H][2H].[2H][2H].[2H][2H].[2H][2H].[2H][2H].[2H][2H].[2H][2H].[2H][2H].[2H][2H].[2H][2H].[2H][2H].[2H][2H].[2H][2H].[2H][2H].[2H][2H].[2H][2H].[2H][2H].[2H][2H].[2H][2H].[2H][2H].[2H][2H].[2H][2H].[2H][2H].[2H][2H].[2H][2H].[2H][2H].[2H][2H]. The summed E-state index contributed by atoms with van der Waals surface area (Å²) < 4.78 is 633. The molecular formula is C96H238BClN22O2. The van der Waals surface area contributed by atoms with Gasteiger partial charge in [-0.2, -0.15) is 64.1 Å². The van der Waals surface area contributed by atoms with Crippen LogP contribution < -0.4 is 26.7 Å². The number of anilines is 3. The van der Waals surface area contributed by atoms with Gasteiger partial charge in [-0.05, 0) is 214 Å². The smallest absolute Gasteiger partial charge is 0.399 e. The molecule has 2 saturated heterocycles. The quantitative estimate of drug-likeness (QED) is 0.0488. The molecule has 15 aromatic rings. The van der Waals surface area contributed by atoms with Gasteiger partial charge in [-0.15, -0.1) is 0 Å². The van der Waals surface area contributed by atoms with Crippen LogP contribution in [0.5, 0.6) is 0 Å². The molecule has 0 amide bonds. The Bertz CT molecular complexity index is 5940. The van der Waals surface area contributed by atoms with Crippen molar-refractivity contribution >= 4 is 59.0 Å². The minimum atomic E-state index is -0.265. The first-order valence-electron chi connectivity index (χ1n) is 104. The first kappa shape index (κ1) is 38.3. The van der Waals surface area contributed by atoms with Crippen LogP contribution in [0.25, 0.3) is 56.8 Å². The van der Waals surface area contributed by atoms with Gasteiger partial charge in [0.2, 0.25) is 23.1 Å². The molecule has 754 valence electrons. The number of hydrogen-bond donors (Lipinski definition) is 4. The maximum Gasteiger partial charge on any atom is 0.494 e. The summed E-state index contributed by atoms with van der Waals surface area (Å²) in [5.74, 6) is 6.20. The van der Waals surface area contributed by atoms with Crippen molar-refractivity contribution < 1.29 is 192 Å². The third kappa shape index (κ3) is 19.4. The average molecular weight is 1900 g/mol. The number of rotatable bonds is 21. The highest BCUT2D eigenvalue weighted by molar-refractivity contribution is 6.62. The van der Waals surface area contributed by atoms with Crippen LogP contribution in [0.3, 0.4) is 0 Å².